The molecule has 3 amide bonds. The summed E-state index contributed by atoms with van der Waals surface area (Å²) >= 11 is 0. The molecule has 0 spiro atoms. The molecule has 0 unspecified atom stereocenters. The van der Waals surface area contributed by atoms with Crippen LogP contribution >= 0.6 is 0 Å². The van der Waals surface area contributed by atoms with E-state index in [-0.39, 0.29) is 30.4 Å². The number of ether oxygens (including phenoxy) is 1. The van der Waals surface area contributed by atoms with Crippen molar-refractivity contribution < 1.29 is 19.1 Å². The number of benzene rings is 2. The first-order valence-corrected chi connectivity index (χ1v) is 9.29. The van der Waals surface area contributed by atoms with Gasteiger partial charge in [0.15, 0.2) is 11.9 Å². The topological polar surface area (TPSA) is 121 Å². The maximum absolute atomic E-state index is 12.5. The lowest BCUT2D eigenvalue weighted by molar-refractivity contribution is -0.125. The summed E-state index contributed by atoms with van der Waals surface area (Å²) in [5.41, 5.74) is 1.21. The number of aromatic nitrogens is 2. The minimum atomic E-state index is -0.764. The molecule has 152 valence electrons. The van der Waals surface area contributed by atoms with E-state index in [4.69, 9.17) is 4.74 Å². The van der Waals surface area contributed by atoms with Crippen LogP contribution in [0.2, 0.25) is 0 Å². The van der Waals surface area contributed by atoms with Crippen LogP contribution in [0.3, 0.4) is 0 Å². The minimum Gasteiger partial charge on any atom is -0.451 e. The minimum absolute atomic E-state index is 0.00791. The highest BCUT2D eigenvalue weighted by atomic mass is 16.5. The number of hydrogen-bond donors (Lipinski definition) is 2. The van der Waals surface area contributed by atoms with Gasteiger partial charge in [0, 0.05) is 0 Å². The summed E-state index contributed by atoms with van der Waals surface area (Å²) in [6.07, 6.45) is -0.764. The van der Waals surface area contributed by atoms with Crippen LogP contribution in [0.4, 0.5) is 4.79 Å². The Bertz CT molecular complexity index is 1190. The lowest BCUT2D eigenvalue weighted by Gasteiger charge is -2.14. The fourth-order valence-corrected chi connectivity index (χ4v) is 3.13. The summed E-state index contributed by atoms with van der Waals surface area (Å²) in [5, 5.41) is 2.91. The van der Waals surface area contributed by atoms with Crippen LogP contribution < -0.4 is 10.9 Å². The van der Waals surface area contributed by atoms with E-state index in [0.29, 0.717) is 22.0 Å². The molecule has 1 aromatic heterocycles. The molecule has 1 aliphatic heterocycles. The van der Waals surface area contributed by atoms with Gasteiger partial charge in [0.25, 0.3) is 5.56 Å². The number of esters is 1. The smallest absolute Gasteiger partial charge is 0.338 e. The number of nitrogens with zero attached hydrogens (tertiary/aromatic N) is 2. The molecule has 2 aromatic carbocycles. The number of urea groups is 1. The Kier molecular flexibility index (Phi) is 5.01. The zero-order valence-corrected chi connectivity index (χ0v) is 16.0. The first kappa shape index (κ1) is 19.3. The van der Waals surface area contributed by atoms with Crippen LogP contribution in [0.15, 0.2) is 53.3 Å². The largest absolute Gasteiger partial charge is 0.451 e. The molecule has 0 aliphatic carbocycles. The second-order valence-electron chi connectivity index (χ2n) is 6.85. The van der Waals surface area contributed by atoms with E-state index in [0.717, 1.165) is 4.90 Å². The summed E-state index contributed by atoms with van der Waals surface area (Å²) in [7, 11) is 0. The van der Waals surface area contributed by atoms with Crippen LogP contribution in [-0.2, 0) is 16.1 Å². The molecule has 1 fully saturated rings. The number of aromatic amines is 1. The number of carbonyl (C=O) groups is 3. The van der Waals surface area contributed by atoms with Gasteiger partial charge in [0.05, 0.1) is 29.6 Å². The maximum atomic E-state index is 12.5. The van der Waals surface area contributed by atoms with Gasteiger partial charge >= 0.3 is 12.0 Å². The third-order valence-electron chi connectivity index (χ3n) is 4.77. The van der Waals surface area contributed by atoms with Gasteiger partial charge in [-0.2, -0.15) is 0 Å². The summed E-state index contributed by atoms with van der Waals surface area (Å²) in [4.78, 5) is 56.1. The molecular formula is C21H18N4O5. The van der Waals surface area contributed by atoms with E-state index in [1.807, 2.05) is 0 Å². The molecule has 2 heterocycles. The first-order valence-electron chi connectivity index (χ1n) is 9.29. The molecular weight excluding hydrogens is 388 g/mol. The summed E-state index contributed by atoms with van der Waals surface area (Å²) < 4.78 is 5.43. The molecule has 2 N–H and O–H groups in total. The zero-order chi connectivity index (χ0) is 21.3. The van der Waals surface area contributed by atoms with E-state index >= 15 is 0 Å². The molecule has 0 saturated carbocycles. The molecule has 0 radical (unpaired) electrons. The van der Waals surface area contributed by atoms with Crippen molar-refractivity contribution in [2.24, 2.45) is 0 Å². The van der Waals surface area contributed by atoms with E-state index in [1.54, 1.807) is 55.5 Å². The van der Waals surface area contributed by atoms with Crippen molar-refractivity contribution in [2.75, 3.05) is 6.54 Å². The van der Waals surface area contributed by atoms with Crippen molar-refractivity contribution in [1.29, 1.82) is 0 Å². The van der Waals surface area contributed by atoms with Crippen LogP contribution in [0.1, 0.15) is 34.8 Å². The van der Waals surface area contributed by atoms with Gasteiger partial charge in [-0.15, -0.1) is 0 Å². The van der Waals surface area contributed by atoms with E-state index < -0.39 is 18.1 Å². The van der Waals surface area contributed by atoms with Gasteiger partial charge in [-0.1, -0.05) is 24.3 Å². The lowest BCUT2D eigenvalue weighted by Crippen LogP contribution is -2.30. The summed E-state index contributed by atoms with van der Waals surface area (Å²) in [5.74, 6) is -0.628. The Labute approximate surface area is 170 Å². The molecule has 1 atom stereocenters. The van der Waals surface area contributed by atoms with Crippen molar-refractivity contribution >= 4 is 28.8 Å². The molecule has 1 saturated heterocycles. The third kappa shape index (κ3) is 3.77. The number of rotatable bonds is 5. The molecule has 0 bridgehead atoms. The van der Waals surface area contributed by atoms with Gasteiger partial charge in [-0.05, 0) is 36.8 Å². The fourth-order valence-electron chi connectivity index (χ4n) is 3.13. The fraction of sp³-hybridized carbons (Fsp3) is 0.190. The van der Waals surface area contributed by atoms with Gasteiger partial charge in [0.1, 0.15) is 0 Å². The Morgan fingerprint density at radius 2 is 1.87 bits per heavy atom. The van der Waals surface area contributed by atoms with Crippen LogP contribution in [-0.4, -0.2) is 39.3 Å². The van der Waals surface area contributed by atoms with Crippen molar-refractivity contribution in [1.82, 2.24) is 20.2 Å². The number of carbonyl (C=O) groups excluding carboxylic acids is 3. The summed E-state index contributed by atoms with van der Waals surface area (Å²) in [6, 6.07) is 12.9. The Morgan fingerprint density at radius 3 is 2.57 bits per heavy atom. The average molecular weight is 406 g/mol. The summed E-state index contributed by atoms with van der Waals surface area (Å²) in [6.45, 7) is 1.74. The van der Waals surface area contributed by atoms with E-state index in [1.165, 1.54) is 0 Å². The molecule has 9 heteroatoms. The monoisotopic (exact) mass is 406 g/mol. The van der Waals surface area contributed by atoms with Crippen molar-refractivity contribution in [3.8, 4) is 0 Å². The highest BCUT2D eigenvalue weighted by molar-refractivity contribution is 6.01. The molecule has 3 aromatic rings. The third-order valence-corrected chi connectivity index (χ3v) is 4.77. The van der Waals surface area contributed by atoms with E-state index in [2.05, 4.69) is 15.3 Å². The number of imide groups is 1. The van der Waals surface area contributed by atoms with Crippen molar-refractivity contribution in [2.45, 2.75) is 19.6 Å². The average Bonchev–Trinajstić information content (AvgIpc) is 3.06. The van der Waals surface area contributed by atoms with Crippen molar-refractivity contribution in [3.63, 3.8) is 0 Å². The standard InChI is InChI=1S/C21H18N4O5/c1-12(18-23-16-5-3-2-4-15(16)19(27)24-18)30-20(28)14-8-6-13(7-9-14)11-25-17(26)10-22-21(25)29/h2-9,12H,10-11H2,1H3,(H,22,29)(H,23,24,27)/t12-/m0/s1. The van der Waals surface area contributed by atoms with Gasteiger partial charge < -0.3 is 15.0 Å². The maximum Gasteiger partial charge on any atom is 0.338 e. The quantitative estimate of drug-likeness (QED) is 0.493. The number of H-pyrrole nitrogens is 1. The zero-order valence-electron chi connectivity index (χ0n) is 16.0. The van der Waals surface area contributed by atoms with Crippen LogP contribution in [0.25, 0.3) is 10.9 Å². The number of hydrogen-bond acceptors (Lipinski definition) is 6. The molecule has 30 heavy (non-hydrogen) atoms. The predicted molar refractivity (Wildman–Crippen MR) is 107 cm³/mol. The van der Waals surface area contributed by atoms with Crippen LogP contribution in [0.5, 0.6) is 0 Å². The predicted octanol–water partition coefficient (Wildman–Crippen LogP) is 1.89. The Balaban J connectivity index is 1.45. The van der Waals surface area contributed by atoms with Gasteiger partial charge in [-0.25, -0.2) is 14.6 Å². The highest BCUT2D eigenvalue weighted by Crippen LogP contribution is 2.17. The molecule has 1 aliphatic rings. The van der Waals surface area contributed by atoms with E-state index in [9.17, 15) is 19.2 Å². The van der Waals surface area contributed by atoms with Gasteiger partial charge in [0.2, 0.25) is 5.91 Å². The number of fused-ring (bicyclic) bond motifs is 1. The Hall–Kier alpha value is -4.01. The Morgan fingerprint density at radius 1 is 1.13 bits per heavy atom. The normalized spacial score (nSPS) is 14.6. The lowest BCUT2D eigenvalue weighted by atomic mass is 10.1. The number of para-hydroxylation sites is 1. The van der Waals surface area contributed by atoms with Crippen LogP contribution in [0, 0.1) is 0 Å². The first-order chi connectivity index (χ1) is 14.4. The van der Waals surface area contributed by atoms with Crippen molar-refractivity contribution in [3.05, 3.63) is 75.8 Å². The second-order valence-corrected chi connectivity index (χ2v) is 6.85. The molecule has 4 rings (SSSR count). The van der Waals surface area contributed by atoms with Gasteiger partial charge in [-0.3, -0.25) is 14.5 Å². The number of amides is 3. The SMILES string of the molecule is C[C@H](OC(=O)c1ccc(CN2C(=O)CNC2=O)cc1)c1nc2ccccc2c(=O)[nH]1. The molecule has 9 nitrogen and oxygen atoms in total. The number of nitrogens with one attached hydrogen (secondary N) is 2. The highest BCUT2D eigenvalue weighted by Gasteiger charge is 2.28. The second kappa shape index (κ2) is 7.78.